The lowest BCUT2D eigenvalue weighted by Gasteiger charge is -2.37. The first kappa shape index (κ1) is 25.9. The quantitative estimate of drug-likeness (QED) is 0.216. The van der Waals surface area contributed by atoms with Crippen LogP contribution in [0.15, 0.2) is 97.1 Å². The first-order valence-corrected chi connectivity index (χ1v) is 13.7. The molecule has 0 unspecified atom stereocenters. The van der Waals surface area contributed by atoms with E-state index in [0.717, 1.165) is 0 Å². The van der Waals surface area contributed by atoms with Crippen molar-refractivity contribution < 1.29 is 28.2 Å². The summed E-state index contributed by atoms with van der Waals surface area (Å²) in [6, 6.07) is 23.5. The van der Waals surface area contributed by atoms with Crippen LogP contribution in [-0.4, -0.2) is 43.7 Å². The van der Waals surface area contributed by atoms with Gasteiger partial charge in [-0.25, -0.2) is 4.39 Å². The van der Waals surface area contributed by atoms with Crippen LogP contribution in [0.4, 0.5) is 10.1 Å². The molecule has 0 bridgehead atoms. The molecule has 0 aromatic heterocycles. The summed E-state index contributed by atoms with van der Waals surface area (Å²) in [5, 5.41) is 0. The summed E-state index contributed by atoms with van der Waals surface area (Å²) in [5.74, 6) is -1.37. The second-order valence-electron chi connectivity index (χ2n) is 10.8. The van der Waals surface area contributed by atoms with E-state index < -0.39 is 29.2 Å². The number of benzene rings is 4. The molecule has 3 aliphatic rings. The second kappa shape index (κ2) is 9.52. The zero-order valence-electron chi connectivity index (χ0n) is 22.9. The van der Waals surface area contributed by atoms with Crippen LogP contribution in [0.1, 0.15) is 48.1 Å². The van der Waals surface area contributed by atoms with Crippen LogP contribution in [0, 0.1) is 11.2 Å². The maximum atomic E-state index is 14.7. The Bertz CT molecular complexity index is 1780. The van der Waals surface area contributed by atoms with Gasteiger partial charge in [0, 0.05) is 33.9 Å². The molecule has 1 aliphatic carbocycles. The molecule has 0 amide bonds. The molecule has 1 spiro atoms. The molecule has 3 atom stereocenters. The summed E-state index contributed by atoms with van der Waals surface area (Å²) in [6.45, 7) is 0. The van der Waals surface area contributed by atoms with Crippen molar-refractivity contribution in [3.05, 3.63) is 131 Å². The van der Waals surface area contributed by atoms with E-state index in [0.29, 0.717) is 45.0 Å². The Morgan fingerprint density at radius 3 is 2.14 bits per heavy atom. The summed E-state index contributed by atoms with van der Waals surface area (Å²) in [6.07, 6.45) is 3.52. The molecule has 1 saturated heterocycles. The first-order chi connectivity index (χ1) is 20.4. The smallest absolute Gasteiger partial charge is 0.185 e. The van der Waals surface area contributed by atoms with Crippen molar-refractivity contribution in [2.24, 2.45) is 5.41 Å². The van der Waals surface area contributed by atoms with Gasteiger partial charge in [0.25, 0.3) is 0 Å². The number of anilines is 1. The Hall–Kier alpha value is -5.04. The highest BCUT2D eigenvalue weighted by Crippen LogP contribution is 2.61. The third-order valence-corrected chi connectivity index (χ3v) is 8.86. The van der Waals surface area contributed by atoms with E-state index in [1.54, 1.807) is 84.9 Å². The van der Waals surface area contributed by atoms with Crippen molar-refractivity contribution in [1.82, 2.24) is 0 Å². The van der Waals surface area contributed by atoms with E-state index >= 15 is 0 Å². The van der Waals surface area contributed by atoms with Gasteiger partial charge in [0.2, 0.25) is 0 Å². The number of ketones is 3. The first-order valence-electron chi connectivity index (χ1n) is 13.7. The van der Waals surface area contributed by atoms with Gasteiger partial charge < -0.3 is 14.4 Å². The molecule has 2 aliphatic heterocycles. The lowest BCUT2D eigenvalue weighted by molar-refractivity contribution is 0.0665. The maximum Gasteiger partial charge on any atom is 0.185 e. The average molecular weight is 560 g/mol. The van der Waals surface area contributed by atoms with E-state index in [-0.39, 0.29) is 17.3 Å². The number of carbonyl (C=O) groups is 3. The molecule has 42 heavy (non-hydrogen) atoms. The van der Waals surface area contributed by atoms with Crippen LogP contribution in [0.3, 0.4) is 0 Å². The number of Topliss-reactive ketones (excluding diaryl/α,β-unsaturated/α-hetero) is 3. The molecule has 7 heteroatoms. The molecule has 0 saturated carbocycles. The molecule has 208 valence electrons. The van der Waals surface area contributed by atoms with Crippen LogP contribution < -0.4 is 14.4 Å². The minimum absolute atomic E-state index is 0.251. The number of fused-ring (bicyclic) bond motifs is 5. The van der Waals surface area contributed by atoms with E-state index in [9.17, 15) is 18.8 Å². The number of hydrogen-bond acceptors (Lipinski definition) is 6. The normalized spacial score (nSPS) is 21.2. The summed E-state index contributed by atoms with van der Waals surface area (Å²) in [7, 11) is 3.04. The highest BCUT2D eigenvalue weighted by atomic mass is 19.1. The molecule has 6 nitrogen and oxygen atoms in total. The van der Waals surface area contributed by atoms with Crippen LogP contribution in [0.5, 0.6) is 11.5 Å². The van der Waals surface area contributed by atoms with Gasteiger partial charge in [-0.15, -0.1) is 0 Å². The predicted molar refractivity (Wildman–Crippen MR) is 156 cm³/mol. The molecular weight excluding hydrogens is 533 g/mol. The molecule has 0 radical (unpaired) electrons. The van der Waals surface area contributed by atoms with E-state index in [1.807, 2.05) is 11.0 Å². The SMILES string of the molecule is COc1ccc([C@@H]2[C@@H](C(=O)c3ccccc3)N3c4ccc(F)cc4C=C[C@H]3C23C(=O)c2ccccc2C3=O)cc1OC. The fraction of sp³-hybridized carbons (Fsp3) is 0.171. The van der Waals surface area contributed by atoms with Gasteiger partial charge in [-0.05, 0) is 35.9 Å². The van der Waals surface area contributed by atoms with Crippen LogP contribution in [0.2, 0.25) is 0 Å². The number of ether oxygens (including phenoxy) is 2. The Balaban J connectivity index is 1.56. The fourth-order valence-corrected chi connectivity index (χ4v) is 7.14. The van der Waals surface area contributed by atoms with Gasteiger partial charge in [0.15, 0.2) is 28.8 Å². The van der Waals surface area contributed by atoms with Crippen molar-refractivity contribution in [2.45, 2.75) is 18.0 Å². The van der Waals surface area contributed by atoms with Gasteiger partial charge in [-0.3, -0.25) is 14.4 Å². The summed E-state index contributed by atoms with van der Waals surface area (Å²) >= 11 is 0. The topological polar surface area (TPSA) is 72.9 Å². The van der Waals surface area contributed by atoms with Crippen LogP contribution >= 0.6 is 0 Å². The van der Waals surface area contributed by atoms with E-state index in [2.05, 4.69) is 0 Å². The lowest BCUT2D eigenvalue weighted by Crippen LogP contribution is -2.48. The van der Waals surface area contributed by atoms with Gasteiger partial charge in [0.1, 0.15) is 17.3 Å². The number of rotatable bonds is 5. The molecular formula is C35H26FNO5. The molecule has 7 rings (SSSR count). The zero-order chi connectivity index (χ0) is 29.2. The van der Waals surface area contributed by atoms with Gasteiger partial charge in [-0.2, -0.15) is 0 Å². The lowest BCUT2D eigenvalue weighted by atomic mass is 9.64. The van der Waals surface area contributed by atoms with E-state index in [1.165, 1.54) is 26.4 Å². The summed E-state index contributed by atoms with van der Waals surface area (Å²) in [5.41, 5.74) is 1.17. The summed E-state index contributed by atoms with van der Waals surface area (Å²) < 4.78 is 25.5. The van der Waals surface area contributed by atoms with E-state index in [4.69, 9.17) is 9.47 Å². The number of methoxy groups -OCH3 is 2. The second-order valence-corrected chi connectivity index (χ2v) is 10.8. The van der Waals surface area contributed by atoms with Gasteiger partial charge in [-0.1, -0.05) is 72.8 Å². The molecule has 2 heterocycles. The monoisotopic (exact) mass is 559 g/mol. The van der Waals surface area contributed by atoms with Crippen LogP contribution in [0.25, 0.3) is 6.08 Å². The zero-order valence-corrected chi connectivity index (χ0v) is 22.9. The number of halogens is 1. The van der Waals surface area contributed by atoms with Crippen molar-refractivity contribution in [1.29, 1.82) is 0 Å². The fourth-order valence-electron chi connectivity index (χ4n) is 7.14. The minimum Gasteiger partial charge on any atom is -0.493 e. The standard InChI is InChI=1S/C35H26FNO5/c1-41-27-16-12-22(19-28(27)42-2)30-31(32(38)20-8-4-3-5-9-20)37-26-15-14-23(36)18-21(26)13-17-29(37)35(30)33(39)24-10-6-7-11-25(24)34(35)40/h3-19,29-31H,1-2H3/t29-,30+,31-/m0/s1. The van der Waals surface area contributed by atoms with Crippen molar-refractivity contribution >= 4 is 29.1 Å². The highest BCUT2D eigenvalue weighted by molar-refractivity contribution is 6.32. The Labute approximate surface area is 242 Å². The number of carbonyl (C=O) groups excluding carboxylic acids is 3. The van der Waals surface area contributed by atoms with Crippen molar-refractivity contribution in [3.8, 4) is 11.5 Å². The Morgan fingerprint density at radius 1 is 0.810 bits per heavy atom. The maximum absolute atomic E-state index is 14.7. The largest absolute Gasteiger partial charge is 0.493 e. The molecule has 4 aromatic carbocycles. The molecule has 0 N–H and O–H groups in total. The van der Waals surface area contributed by atoms with Gasteiger partial charge in [0.05, 0.1) is 20.3 Å². The Morgan fingerprint density at radius 2 is 1.48 bits per heavy atom. The van der Waals surface area contributed by atoms with Crippen molar-refractivity contribution in [3.63, 3.8) is 0 Å². The van der Waals surface area contributed by atoms with Crippen molar-refractivity contribution in [2.75, 3.05) is 19.1 Å². The highest BCUT2D eigenvalue weighted by Gasteiger charge is 2.71. The third-order valence-electron chi connectivity index (χ3n) is 8.86. The minimum atomic E-state index is -1.67. The third kappa shape index (κ3) is 3.40. The number of hydrogen-bond donors (Lipinski definition) is 0. The number of nitrogens with zero attached hydrogens (tertiary/aromatic N) is 1. The predicted octanol–water partition coefficient (Wildman–Crippen LogP) is 6.16. The van der Waals surface area contributed by atoms with Crippen LogP contribution in [-0.2, 0) is 0 Å². The molecule has 1 fully saturated rings. The Kier molecular flexibility index (Phi) is 5.87. The average Bonchev–Trinajstić information content (AvgIpc) is 3.46. The summed E-state index contributed by atoms with van der Waals surface area (Å²) in [4.78, 5) is 45.9. The van der Waals surface area contributed by atoms with Gasteiger partial charge >= 0.3 is 0 Å². The molecule has 4 aromatic rings.